The Kier molecular flexibility index (Phi) is 33.9. The molecule has 0 saturated carbocycles. The van der Waals surface area contributed by atoms with E-state index in [0.717, 1.165) is 9.80 Å². The van der Waals surface area contributed by atoms with Gasteiger partial charge in [0.05, 0.1) is 19.3 Å². The van der Waals surface area contributed by atoms with E-state index < -0.39 is 162 Å². The molecule has 12 atom stereocenters. The Morgan fingerprint density at radius 3 is 1.43 bits per heavy atom. The smallest absolute Gasteiger partial charge is 0.247 e. The first-order valence-corrected chi connectivity index (χ1v) is 31.6. The van der Waals surface area contributed by atoms with Crippen molar-refractivity contribution in [2.24, 2.45) is 41.4 Å². The number of likely N-dealkylation sites (N-methyl/N-ethyl adjacent to an activating group) is 7. The minimum Gasteiger partial charge on any atom is -0.390 e. The molecule has 5 N–H and O–H groups in total. The normalized spacial score (nSPS) is 26.1. The number of amides is 11. The molecule has 0 aromatic rings. The molecule has 0 aromatic heterocycles. The average molecular weight is 1260 g/mol. The number of nitrogens with zero attached hydrogens (tertiary/aromatic N) is 7. The Morgan fingerprint density at radius 2 is 0.966 bits per heavy atom. The zero-order chi connectivity index (χ0) is 68.8. The van der Waals surface area contributed by atoms with Crippen LogP contribution in [0.4, 0.5) is 0 Å². The number of carbonyl (C=O) groups excluding carboxylic acids is 11. The molecular weight excluding hydrogens is 1140 g/mol. The first-order valence-electron chi connectivity index (χ1n) is 31.6. The second-order valence-corrected chi connectivity index (χ2v) is 26.6. The van der Waals surface area contributed by atoms with Gasteiger partial charge in [-0.05, 0) is 93.8 Å². The molecule has 0 aliphatic carbocycles. The van der Waals surface area contributed by atoms with Crippen LogP contribution in [0.25, 0.3) is 0 Å². The summed E-state index contributed by atoms with van der Waals surface area (Å²) in [5, 5.41) is 23.1. The monoisotopic (exact) mass is 1260 g/mol. The molecule has 24 heteroatoms. The number of ether oxygens (including phenoxy) is 1. The van der Waals surface area contributed by atoms with Gasteiger partial charge in [-0.1, -0.05) is 115 Å². The van der Waals surface area contributed by atoms with Crippen molar-refractivity contribution in [1.29, 1.82) is 0 Å². The first kappa shape index (κ1) is 80.4. The van der Waals surface area contributed by atoms with E-state index in [0.29, 0.717) is 6.42 Å². The third-order valence-corrected chi connectivity index (χ3v) is 16.4. The van der Waals surface area contributed by atoms with E-state index in [1.807, 2.05) is 55.4 Å². The predicted molar refractivity (Wildman–Crippen MR) is 342 cm³/mol. The standard InChI is InChI=1S/C65H113N11O13/c1-25-28-29-43(16)55(78)54-59(82)67-45(27-3)60(83)70(18)35-51(77)71(19)47(31-37(4)5)58(81)69-52(41(12)13)64(87)72(20)48(32-38(6)7)57(80)66-44(17)56(79)68-46(36-89-30-26-2)61(84)73(21)49(33-39(8)9)62(85)74(22)50(34-40(10)11)63(86)75(23)53(42(14)15)65(88)76(54)24/h2,25,28,37-50,52-55,78H,27,29-36H2,1,3-24H3,(H,66,80)(H,67,82)(H,68,79)(H,69,81)/b28-25+/t43-,44+,45+,46-,47+,48+,49+,50+,52+,53+,54+,55-/m1/s1. The number of hydrogen-bond acceptors (Lipinski definition) is 13. The highest BCUT2D eigenvalue weighted by molar-refractivity contribution is 5.99. The van der Waals surface area contributed by atoms with E-state index in [1.54, 1.807) is 60.6 Å². The zero-order valence-corrected chi connectivity index (χ0v) is 58.0. The number of allylic oxidation sites excluding steroid dienone is 2. The number of aliphatic hydroxyl groups is 1. The summed E-state index contributed by atoms with van der Waals surface area (Å²) in [4.78, 5) is 170. The van der Waals surface area contributed by atoms with Gasteiger partial charge in [0.15, 0.2) is 0 Å². The average Bonchev–Trinajstić information content (AvgIpc) is 2.93. The number of aliphatic hydroxyl groups excluding tert-OH is 1. The molecule has 11 amide bonds. The molecule has 0 bridgehead atoms. The molecule has 24 nitrogen and oxygen atoms in total. The summed E-state index contributed by atoms with van der Waals surface area (Å²) in [6, 6.07) is -13.0. The summed E-state index contributed by atoms with van der Waals surface area (Å²) in [6.45, 7) is 26.9. The summed E-state index contributed by atoms with van der Waals surface area (Å²) in [5.74, 6) is -8.02. The Labute approximate surface area is 532 Å². The van der Waals surface area contributed by atoms with Gasteiger partial charge < -0.3 is 65.4 Å². The second kappa shape index (κ2) is 37.5. The van der Waals surface area contributed by atoms with Gasteiger partial charge in [0.25, 0.3) is 0 Å². The van der Waals surface area contributed by atoms with Crippen molar-refractivity contribution >= 4 is 65.0 Å². The molecule has 1 aliphatic rings. The fourth-order valence-corrected chi connectivity index (χ4v) is 10.9. The van der Waals surface area contributed by atoms with Gasteiger partial charge in [-0.15, -0.1) is 6.42 Å². The lowest BCUT2D eigenvalue weighted by molar-refractivity contribution is -0.157. The molecule has 1 fully saturated rings. The molecule has 0 spiro atoms. The Balaban J connectivity index is 4.44. The maximum absolute atomic E-state index is 15.2. The second-order valence-electron chi connectivity index (χ2n) is 26.6. The molecule has 0 radical (unpaired) electrons. The maximum Gasteiger partial charge on any atom is 0.247 e. The Bertz CT molecular complexity index is 2480. The van der Waals surface area contributed by atoms with E-state index in [1.165, 1.54) is 80.8 Å². The zero-order valence-electron chi connectivity index (χ0n) is 58.0. The summed E-state index contributed by atoms with van der Waals surface area (Å²) in [6.07, 6.45) is 8.35. The van der Waals surface area contributed by atoms with E-state index in [-0.39, 0.29) is 62.4 Å². The maximum atomic E-state index is 15.2. The highest BCUT2D eigenvalue weighted by atomic mass is 16.5. The van der Waals surface area contributed by atoms with Crippen LogP contribution in [0.3, 0.4) is 0 Å². The third kappa shape index (κ3) is 23.3. The highest BCUT2D eigenvalue weighted by Crippen LogP contribution is 2.26. The molecule has 0 unspecified atom stereocenters. The molecule has 0 aromatic carbocycles. The quantitative estimate of drug-likeness (QED) is 0.0751. The van der Waals surface area contributed by atoms with E-state index >= 15 is 14.4 Å². The number of hydrogen-bond donors (Lipinski definition) is 5. The van der Waals surface area contributed by atoms with Crippen LogP contribution in [0.5, 0.6) is 0 Å². The molecular formula is C65H113N11O13. The van der Waals surface area contributed by atoms with Crippen molar-refractivity contribution in [1.82, 2.24) is 55.6 Å². The van der Waals surface area contributed by atoms with Crippen LogP contribution >= 0.6 is 0 Å². The number of nitrogens with one attached hydrogen (secondary N) is 4. The van der Waals surface area contributed by atoms with Gasteiger partial charge in [-0.25, -0.2) is 0 Å². The van der Waals surface area contributed by atoms with Crippen molar-refractivity contribution in [2.75, 3.05) is 69.1 Å². The largest absolute Gasteiger partial charge is 0.390 e. The minimum atomic E-state index is -1.63. The molecule has 506 valence electrons. The fraction of sp³-hybridized carbons (Fsp3) is 0.769. The summed E-state index contributed by atoms with van der Waals surface area (Å²) >= 11 is 0. The summed E-state index contributed by atoms with van der Waals surface area (Å²) in [5.41, 5.74) is 0. The summed E-state index contributed by atoms with van der Waals surface area (Å²) < 4.78 is 5.63. The van der Waals surface area contributed by atoms with Gasteiger partial charge in [0.1, 0.15) is 67.0 Å². The van der Waals surface area contributed by atoms with Gasteiger partial charge in [0, 0.05) is 49.3 Å². The van der Waals surface area contributed by atoms with Crippen molar-refractivity contribution in [3.05, 3.63) is 12.2 Å². The van der Waals surface area contributed by atoms with Gasteiger partial charge in [-0.2, -0.15) is 0 Å². The van der Waals surface area contributed by atoms with Crippen LogP contribution in [0.2, 0.25) is 0 Å². The van der Waals surface area contributed by atoms with E-state index in [9.17, 15) is 43.5 Å². The number of carbonyl (C=O) groups is 11. The lowest BCUT2D eigenvalue weighted by Gasteiger charge is -2.41. The van der Waals surface area contributed by atoms with Crippen LogP contribution in [0.15, 0.2) is 12.2 Å². The van der Waals surface area contributed by atoms with Crippen LogP contribution in [0, 0.1) is 53.8 Å². The van der Waals surface area contributed by atoms with Crippen LogP contribution in [-0.4, -0.2) is 240 Å². The topological polar surface area (TPSA) is 288 Å². The third-order valence-electron chi connectivity index (χ3n) is 16.4. The highest BCUT2D eigenvalue weighted by Gasteiger charge is 2.46. The van der Waals surface area contributed by atoms with E-state index in [2.05, 4.69) is 27.2 Å². The predicted octanol–water partition coefficient (Wildman–Crippen LogP) is 2.90. The van der Waals surface area contributed by atoms with Crippen molar-refractivity contribution in [3.8, 4) is 12.3 Å². The van der Waals surface area contributed by atoms with Gasteiger partial charge in [-0.3, -0.25) is 52.7 Å². The Morgan fingerprint density at radius 1 is 0.528 bits per heavy atom. The van der Waals surface area contributed by atoms with Crippen molar-refractivity contribution in [3.63, 3.8) is 0 Å². The molecule has 1 saturated heterocycles. The van der Waals surface area contributed by atoms with Crippen LogP contribution in [-0.2, 0) is 57.5 Å². The van der Waals surface area contributed by atoms with Crippen LogP contribution in [0.1, 0.15) is 149 Å². The van der Waals surface area contributed by atoms with Crippen LogP contribution < -0.4 is 21.3 Å². The van der Waals surface area contributed by atoms with Gasteiger partial charge in [0.2, 0.25) is 65.0 Å². The minimum absolute atomic E-state index is 0.0114. The van der Waals surface area contributed by atoms with Crippen molar-refractivity contribution < 1.29 is 62.6 Å². The molecule has 1 rings (SSSR count). The summed E-state index contributed by atoms with van der Waals surface area (Å²) in [7, 11) is 9.79. The van der Waals surface area contributed by atoms with Crippen molar-refractivity contribution in [2.45, 2.75) is 216 Å². The van der Waals surface area contributed by atoms with E-state index in [4.69, 9.17) is 11.2 Å². The number of rotatable bonds is 18. The molecule has 1 aliphatic heterocycles. The Hall–Kier alpha value is -6.61. The lowest BCUT2D eigenvalue weighted by Crippen LogP contribution is -2.63. The van der Waals surface area contributed by atoms with Gasteiger partial charge >= 0.3 is 0 Å². The number of terminal acetylenes is 1. The lowest BCUT2D eigenvalue weighted by atomic mass is 9.91. The fourth-order valence-electron chi connectivity index (χ4n) is 10.9. The SMILES string of the molecule is C#CCOC[C@H]1NC(=O)[C@H](C)NC(=O)[C@H](CC(C)C)N(C)C(=O)[C@H](C(C)C)NC(=O)[C@H](CC(C)C)N(C)C(=O)CN(C)C(=O)[C@H](CC)NC(=O)[C@H]([C@H](O)[C@H](C)C/C=C/C)N(C)C(=O)[C@H](C(C)C)N(C)C(=O)[C@H](CC(C)C)N(C)C(=O)[C@H](CC(C)C)N(C)C1=O. The first-order chi connectivity index (χ1) is 41.2. The molecule has 89 heavy (non-hydrogen) atoms. The molecule has 1 heterocycles.